The standard InChI is InChI=1S/C15H23N5/c1-12(2)10-20-15(17-11-18-20)9-16-13-7-5-6-8-14(13)19(3)4/h5-8,11-12,16H,9-10H2,1-4H3. The Morgan fingerprint density at radius 3 is 2.70 bits per heavy atom. The molecule has 5 heteroatoms. The SMILES string of the molecule is CC(C)Cn1ncnc1CNc1ccccc1N(C)C. The average molecular weight is 273 g/mol. The molecular weight excluding hydrogens is 250 g/mol. The fourth-order valence-corrected chi connectivity index (χ4v) is 2.11. The topological polar surface area (TPSA) is 46.0 Å². The van der Waals surface area contributed by atoms with E-state index < -0.39 is 0 Å². The van der Waals surface area contributed by atoms with Gasteiger partial charge in [-0.25, -0.2) is 9.67 Å². The fraction of sp³-hybridized carbons (Fsp3) is 0.467. The molecule has 20 heavy (non-hydrogen) atoms. The van der Waals surface area contributed by atoms with Crippen LogP contribution in [0.2, 0.25) is 0 Å². The summed E-state index contributed by atoms with van der Waals surface area (Å²) in [7, 11) is 4.09. The number of hydrogen-bond donors (Lipinski definition) is 1. The van der Waals surface area contributed by atoms with E-state index in [-0.39, 0.29) is 0 Å². The molecule has 1 heterocycles. The van der Waals surface area contributed by atoms with Crippen molar-refractivity contribution in [1.82, 2.24) is 14.8 Å². The van der Waals surface area contributed by atoms with E-state index in [1.165, 1.54) is 5.69 Å². The van der Waals surface area contributed by atoms with Gasteiger partial charge in [0.15, 0.2) is 0 Å². The minimum Gasteiger partial charge on any atom is -0.376 e. The Bertz CT molecular complexity index is 545. The van der Waals surface area contributed by atoms with Crippen LogP contribution in [0.3, 0.4) is 0 Å². The largest absolute Gasteiger partial charge is 0.376 e. The highest BCUT2D eigenvalue weighted by molar-refractivity contribution is 5.69. The summed E-state index contributed by atoms with van der Waals surface area (Å²) in [5.74, 6) is 1.52. The Hall–Kier alpha value is -2.04. The van der Waals surface area contributed by atoms with Gasteiger partial charge in [-0.15, -0.1) is 0 Å². The van der Waals surface area contributed by atoms with Crippen LogP contribution >= 0.6 is 0 Å². The predicted molar refractivity (Wildman–Crippen MR) is 83.0 cm³/mol. The molecule has 0 saturated carbocycles. The number of nitrogens with one attached hydrogen (secondary N) is 1. The Kier molecular flexibility index (Phi) is 4.61. The number of aromatic nitrogens is 3. The van der Waals surface area contributed by atoms with Crippen molar-refractivity contribution in [3.8, 4) is 0 Å². The second-order valence-corrected chi connectivity index (χ2v) is 5.52. The van der Waals surface area contributed by atoms with Crippen LogP contribution < -0.4 is 10.2 Å². The summed E-state index contributed by atoms with van der Waals surface area (Å²) in [6, 6.07) is 8.26. The second-order valence-electron chi connectivity index (χ2n) is 5.52. The first-order chi connectivity index (χ1) is 9.58. The van der Waals surface area contributed by atoms with E-state index in [0.29, 0.717) is 12.5 Å². The van der Waals surface area contributed by atoms with Crippen molar-refractivity contribution in [1.29, 1.82) is 0 Å². The third kappa shape index (κ3) is 3.50. The highest BCUT2D eigenvalue weighted by Crippen LogP contribution is 2.23. The molecule has 0 spiro atoms. The number of hydrogen-bond acceptors (Lipinski definition) is 4. The maximum atomic E-state index is 4.33. The first kappa shape index (κ1) is 14.4. The van der Waals surface area contributed by atoms with Crippen LogP contribution in [0.1, 0.15) is 19.7 Å². The van der Waals surface area contributed by atoms with Gasteiger partial charge in [-0.2, -0.15) is 5.10 Å². The zero-order valence-corrected chi connectivity index (χ0v) is 12.7. The van der Waals surface area contributed by atoms with Gasteiger partial charge in [0.1, 0.15) is 12.2 Å². The van der Waals surface area contributed by atoms with E-state index in [2.05, 4.69) is 46.3 Å². The molecule has 2 rings (SSSR count). The quantitative estimate of drug-likeness (QED) is 0.879. The van der Waals surface area contributed by atoms with Gasteiger partial charge in [0.2, 0.25) is 0 Å². The van der Waals surface area contributed by atoms with Crippen molar-refractivity contribution in [3.63, 3.8) is 0 Å². The van der Waals surface area contributed by atoms with Crippen molar-refractivity contribution >= 4 is 11.4 Å². The summed E-state index contributed by atoms with van der Waals surface area (Å²) < 4.78 is 1.97. The Balaban J connectivity index is 2.08. The summed E-state index contributed by atoms with van der Waals surface area (Å²) in [5, 5.41) is 7.73. The number of nitrogens with zero attached hydrogens (tertiary/aromatic N) is 4. The van der Waals surface area contributed by atoms with Crippen LogP contribution in [0.25, 0.3) is 0 Å². The van der Waals surface area contributed by atoms with Gasteiger partial charge in [0, 0.05) is 20.6 Å². The van der Waals surface area contributed by atoms with E-state index >= 15 is 0 Å². The molecule has 5 nitrogen and oxygen atoms in total. The van der Waals surface area contributed by atoms with Crippen LogP contribution in [0.4, 0.5) is 11.4 Å². The highest BCUT2D eigenvalue weighted by Gasteiger charge is 2.08. The van der Waals surface area contributed by atoms with E-state index in [1.807, 2.05) is 30.9 Å². The van der Waals surface area contributed by atoms with Crippen LogP contribution in [-0.4, -0.2) is 28.9 Å². The van der Waals surface area contributed by atoms with Crippen LogP contribution in [0.15, 0.2) is 30.6 Å². The maximum absolute atomic E-state index is 4.33. The number of para-hydroxylation sites is 2. The van der Waals surface area contributed by atoms with Gasteiger partial charge in [0.25, 0.3) is 0 Å². The van der Waals surface area contributed by atoms with Crippen molar-refractivity contribution in [3.05, 3.63) is 36.4 Å². The molecule has 1 N–H and O–H groups in total. The molecule has 0 atom stereocenters. The molecule has 0 aliphatic heterocycles. The third-order valence-electron chi connectivity index (χ3n) is 3.06. The van der Waals surface area contributed by atoms with Gasteiger partial charge in [0.05, 0.1) is 17.9 Å². The lowest BCUT2D eigenvalue weighted by molar-refractivity contribution is 0.468. The molecule has 1 aromatic heterocycles. The van der Waals surface area contributed by atoms with E-state index in [9.17, 15) is 0 Å². The first-order valence-electron chi connectivity index (χ1n) is 6.95. The van der Waals surface area contributed by atoms with Crippen molar-refractivity contribution < 1.29 is 0 Å². The predicted octanol–water partition coefficient (Wildman–Crippen LogP) is 2.61. The molecular formula is C15H23N5. The van der Waals surface area contributed by atoms with Gasteiger partial charge in [-0.05, 0) is 18.1 Å². The molecule has 108 valence electrons. The molecule has 0 bridgehead atoms. The highest BCUT2D eigenvalue weighted by atomic mass is 15.3. The Labute approximate surface area is 120 Å². The smallest absolute Gasteiger partial charge is 0.146 e. The zero-order valence-electron chi connectivity index (χ0n) is 12.7. The molecule has 0 radical (unpaired) electrons. The lowest BCUT2D eigenvalue weighted by atomic mass is 10.2. The normalized spacial score (nSPS) is 10.8. The van der Waals surface area contributed by atoms with Crippen LogP contribution in [0, 0.1) is 5.92 Å². The second kappa shape index (κ2) is 6.41. The van der Waals surface area contributed by atoms with Crippen molar-refractivity contribution in [2.45, 2.75) is 26.9 Å². The Morgan fingerprint density at radius 2 is 2.00 bits per heavy atom. The molecule has 0 aliphatic rings. The fourth-order valence-electron chi connectivity index (χ4n) is 2.11. The molecule has 0 unspecified atom stereocenters. The zero-order chi connectivity index (χ0) is 14.5. The first-order valence-corrected chi connectivity index (χ1v) is 6.95. The van der Waals surface area contributed by atoms with Crippen molar-refractivity contribution in [2.75, 3.05) is 24.3 Å². The summed E-state index contributed by atoms with van der Waals surface area (Å²) >= 11 is 0. The number of benzene rings is 1. The Morgan fingerprint density at radius 1 is 1.25 bits per heavy atom. The summed E-state index contributed by atoms with van der Waals surface area (Å²) in [6.45, 7) is 5.93. The van der Waals surface area contributed by atoms with E-state index in [4.69, 9.17) is 0 Å². The summed E-state index contributed by atoms with van der Waals surface area (Å²) in [4.78, 5) is 6.43. The van der Waals surface area contributed by atoms with E-state index in [1.54, 1.807) is 6.33 Å². The molecule has 2 aromatic rings. The average Bonchev–Trinajstić information content (AvgIpc) is 2.83. The monoisotopic (exact) mass is 273 g/mol. The lowest BCUT2D eigenvalue weighted by Gasteiger charge is -2.18. The summed E-state index contributed by atoms with van der Waals surface area (Å²) in [5.41, 5.74) is 2.28. The number of anilines is 2. The van der Waals surface area contributed by atoms with Gasteiger partial charge >= 0.3 is 0 Å². The summed E-state index contributed by atoms with van der Waals surface area (Å²) in [6.07, 6.45) is 1.62. The number of rotatable bonds is 6. The van der Waals surface area contributed by atoms with Crippen LogP contribution in [0.5, 0.6) is 0 Å². The van der Waals surface area contributed by atoms with Gasteiger partial charge in [-0.3, -0.25) is 0 Å². The lowest BCUT2D eigenvalue weighted by Crippen LogP contribution is -2.15. The minimum atomic E-state index is 0.560. The third-order valence-corrected chi connectivity index (χ3v) is 3.06. The maximum Gasteiger partial charge on any atom is 0.146 e. The van der Waals surface area contributed by atoms with Crippen molar-refractivity contribution in [2.24, 2.45) is 5.92 Å². The molecule has 0 amide bonds. The van der Waals surface area contributed by atoms with Crippen LogP contribution in [-0.2, 0) is 13.1 Å². The van der Waals surface area contributed by atoms with E-state index in [0.717, 1.165) is 18.1 Å². The minimum absolute atomic E-state index is 0.560. The molecule has 0 aliphatic carbocycles. The van der Waals surface area contributed by atoms with Gasteiger partial charge in [-0.1, -0.05) is 26.0 Å². The molecule has 0 saturated heterocycles. The molecule has 1 aromatic carbocycles. The van der Waals surface area contributed by atoms with Gasteiger partial charge < -0.3 is 10.2 Å². The molecule has 0 fully saturated rings.